The summed E-state index contributed by atoms with van der Waals surface area (Å²) in [7, 11) is -4.00. The number of halogens is 2. The number of primary sulfonamides is 1. The van der Waals surface area contributed by atoms with Gasteiger partial charge in [0, 0.05) is 17.6 Å². The predicted molar refractivity (Wildman–Crippen MR) is 103 cm³/mol. The van der Waals surface area contributed by atoms with E-state index in [1.807, 2.05) is 0 Å². The Kier molecular flexibility index (Phi) is 7.28. The Balaban J connectivity index is 2.06. The number of likely N-dealkylation sites (N-methyl/N-ethyl adjacent to an activating group) is 1. The van der Waals surface area contributed by atoms with E-state index in [2.05, 4.69) is 15.9 Å². The van der Waals surface area contributed by atoms with Gasteiger partial charge in [-0.05, 0) is 58.7 Å². The molecule has 0 saturated heterocycles. The molecule has 1 amide bonds. The molecule has 7 nitrogen and oxygen atoms in total. The third-order valence-electron chi connectivity index (χ3n) is 3.81. The van der Waals surface area contributed by atoms with E-state index < -0.39 is 34.3 Å². The van der Waals surface area contributed by atoms with Gasteiger partial charge in [-0.1, -0.05) is 12.1 Å². The second-order valence-electron chi connectivity index (χ2n) is 5.80. The molecule has 0 bridgehead atoms. The maximum atomic E-state index is 13.3. The van der Waals surface area contributed by atoms with Crippen molar-refractivity contribution in [3.8, 4) is 0 Å². The fraction of sp³-hybridized carbons (Fsp3) is 0.222. The highest BCUT2D eigenvalue weighted by molar-refractivity contribution is 9.10. The molecule has 0 atom stereocenters. The van der Waals surface area contributed by atoms with Gasteiger partial charge in [-0.15, -0.1) is 0 Å². The van der Waals surface area contributed by atoms with Gasteiger partial charge in [0.05, 0.1) is 10.5 Å². The highest BCUT2D eigenvalue weighted by Gasteiger charge is 2.19. The zero-order valence-corrected chi connectivity index (χ0v) is 17.3. The maximum Gasteiger partial charge on any atom is 0.339 e. The van der Waals surface area contributed by atoms with E-state index in [0.717, 1.165) is 6.07 Å². The molecule has 2 aromatic rings. The standard InChI is InChI=1S/C18H18BrFN2O5S/c1-2-22(10-12-4-3-5-13(20)8-12)17(23)11-27-18(24)15-9-14(28(21,25)26)6-7-16(15)19/h3-9H,2,10-11H2,1H3,(H2,21,25,26). The van der Waals surface area contributed by atoms with Crippen LogP contribution in [0.1, 0.15) is 22.8 Å². The molecule has 2 N–H and O–H groups in total. The normalized spacial score (nSPS) is 11.1. The van der Waals surface area contributed by atoms with Crippen molar-refractivity contribution in [3.05, 3.63) is 63.9 Å². The zero-order valence-electron chi connectivity index (χ0n) is 14.9. The van der Waals surface area contributed by atoms with Crippen molar-refractivity contribution in [1.29, 1.82) is 0 Å². The Morgan fingerprint density at radius 2 is 1.93 bits per heavy atom. The first-order valence-corrected chi connectivity index (χ1v) is 10.5. The summed E-state index contributed by atoms with van der Waals surface area (Å²) in [6, 6.07) is 9.49. The summed E-state index contributed by atoms with van der Waals surface area (Å²) in [5.74, 6) is -1.77. The molecule has 2 rings (SSSR count). The van der Waals surface area contributed by atoms with Crippen LogP contribution >= 0.6 is 15.9 Å². The topological polar surface area (TPSA) is 107 Å². The number of esters is 1. The van der Waals surface area contributed by atoms with Gasteiger partial charge in [0.15, 0.2) is 6.61 Å². The molecule has 150 valence electrons. The molecule has 0 aliphatic carbocycles. The Morgan fingerprint density at radius 1 is 1.21 bits per heavy atom. The molecule has 0 spiro atoms. The molecule has 28 heavy (non-hydrogen) atoms. The number of carbonyl (C=O) groups excluding carboxylic acids is 2. The van der Waals surface area contributed by atoms with E-state index in [1.165, 1.54) is 29.2 Å². The minimum Gasteiger partial charge on any atom is -0.452 e. The smallest absolute Gasteiger partial charge is 0.339 e. The number of nitrogens with two attached hydrogens (primary N) is 1. The first kappa shape index (κ1) is 22.0. The Morgan fingerprint density at radius 3 is 2.54 bits per heavy atom. The molecule has 10 heteroatoms. The van der Waals surface area contributed by atoms with Gasteiger partial charge in [-0.3, -0.25) is 4.79 Å². The Hall–Kier alpha value is -2.30. The summed E-state index contributed by atoms with van der Waals surface area (Å²) in [5.41, 5.74) is 0.526. The lowest BCUT2D eigenvalue weighted by molar-refractivity contribution is -0.134. The fourth-order valence-electron chi connectivity index (χ4n) is 2.37. The van der Waals surface area contributed by atoms with Crippen LogP contribution in [0, 0.1) is 5.82 Å². The summed E-state index contributed by atoms with van der Waals surface area (Å²) >= 11 is 3.13. The molecule has 0 unspecified atom stereocenters. The Bertz CT molecular complexity index is 997. The summed E-state index contributed by atoms with van der Waals surface area (Å²) in [6.07, 6.45) is 0. The third-order valence-corrected chi connectivity index (χ3v) is 5.41. The number of sulfonamides is 1. The number of hydrogen-bond acceptors (Lipinski definition) is 5. The van der Waals surface area contributed by atoms with Crippen molar-refractivity contribution < 1.29 is 27.1 Å². The lowest BCUT2D eigenvalue weighted by Gasteiger charge is -2.21. The summed E-state index contributed by atoms with van der Waals surface area (Å²) < 4.78 is 41.5. The van der Waals surface area contributed by atoms with Crippen molar-refractivity contribution in [2.45, 2.75) is 18.4 Å². The number of amides is 1. The average molecular weight is 473 g/mol. The molecule has 0 aliphatic rings. The highest BCUT2D eigenvalue weighted by atomic mass is 79.9. The molecular weight excluding hydrogens is 455 g/mol. The number of rotatable bonds is 7. The number of benzene rings is 2. The van der Waals surface area contributed by atoms with Gasteiger partial charge in [0.1, 0.15) is 5.82 Å². The number of ether oxygens (including phenoxy) is 1. The number of hydrogen-bond donors (Lipinski definition) is 1. The summed E-state index contributed by atoms with van der Waals surface area (Å²) in [5, 5.41) is 5.06. The Labute approximate surface area is 170 Å². The van der Waals surface area contributed by atoms with Crippen LogP contribution in [0.2, 0.25) is 0 Å². The fourth-order valence-corrected chi connectivity index (χ4v) is 3.31. The van der Waals surface area contributed by atoms with Crippen LogP contribution in [0.15, 0.2) is 51.8 Å². The molecule has 0 fully saturated rings. The van der Waals surface area contributed by atoms with Crippen molar-refractivity contribution in [2.75, 3.05) is 13.2 Å². The van der Waals surface area contributed by atoms with Gasteiger partial charge in [0.25, 0.3) is 5.91 Å². The van der Waals surface area contributed by atoms with Gasteiger partial charge in [-0.25, -0.2) is 22.7 Å². The van der Waals surface area contributed by atoms with Gasteiger partial charge in [-0.2, -0.15) is 0 Å². The van der Waals surface area contributed by atoms with E-state index in [1.54, 1.807) is 19.1 Å². The number of carbonyl (C=O) groups is 2. The van der Waals surface area contributed by atoms with Crippen LogP contribution in [0.4, 0.5) is 4.39 Å². The predicted octanol–water partition coefficient (Wildman–Crippen LogP) is 2.44. The quantitative estimate of drug-likeness (QED) is 0.622. The van der Waals surface area contributed by atoms with Crippen LogP contribution in [0.25, 0.3) is 0 Å². The van der Waals surface area contributed by atoms with Gasteiger partial charge >= 0.3 is 5.97 Å². The summed E-state index contributed by atoms with van der Waals surface area (Å²) in [4.78, 5) is 25.7. The highest BCUT2D eigenvalue weighted by Crippen LogP contribution is 2.21. The first-order valence-electron chi connectivity index (χ1n) is 8.13. The molecule has 2 aromatic carbocycles. The first-order chi connectivity index (χ1) is 13.1. The summed E-state index contributed by atoms with van der Waals surface area (Å²) in [6.45, 7) is 1.69. The minimum atomic E-state index is -4.00. The van der Waals surface area contributed by atoms with Crippen LogP contribution < -0.4 is 5.14 Å². The SMILES string of the molecule is CCN(Cc1cccc(F)c1)C(=O)COC(=O)c1cc(S(N)(=O)=O)ccc1Br. The second kappa shape index (κ2) is 9.26. The van der Waals surface area contributed by atoms with E-state index in [9.17, 15) is 22.4 Å². The van der Waals surface area contributed by atoms with Crippen LogP contribution in [-0.4, -0.2) is 38.3 Å². The van der Waals surface area contributed by atoms with E-state index in [0.29, 0.717) is 16.6 Å². The molecule has 0 heterocycles. The van der Waals surface area contributed by atoms with Crippen LogP contribution in [0.3, 0.4) is 0 Å². The number of nitrogens with zero attached hydrogens (tertiary/aromatic N) is 1. The van der Waals surface area contributed by atoms with Crippen molar-refractivity contribution in [2.24, 2.45) is 5.14 Å². The van der Waals surface area contributed by atoms with Gasteiger partial charge < -0.3 is 9.64 Å². The second-order valence-corrected chi connectivity index (χ2v) is 8.22. The third kappa shape index (κ3) is 5.85. The molecule has 0 aromatic heterocycles. The lowest BCUT2D eigenvalue weighted by Crippen LogP contribution is -2.34. The van der Waals surface area contributed by atoms with Crippen LogP contribution in [0.5, 0.6) is 0 Å². The van der Waals surface area contributed by atoms with E-state index >= 15 is 0 Å². The molecular formula is C18H18BrFN2O5S. The van der Waals surface area contributed by atoms with E-state index in [4.69, 9.17) is 9.88 Å². The molecule has 0 radical (unpaired) electrons. The zero-order chi connectivity index (χ0) is 20.9. The largest absolute Gasteiger partial charge is 0.452 e. The monoisotopic (exact) mass is 472 g/mol. The minimum absolute atomic E-state index is 0.0764. The van der Waals surface area contributed by atoms with Crippen molar-refractivity contribution in [1.82, 2.24) is 4.90 Å². The van der Waals surface area contributed by atoms with Crippen molar-refractivity contribution >= 4 is 37.8 Å². The van der Waals surface area contributed by atoms with Gasteiger partial charge in [0.2, 0.25) is 10.0 Å². The molecule has 0 aliphatic heterocycles. The van der Waals surface area contributed by atoms with Crippen LogP contribution in [-0.2, 0) is 26.1 Å². The van der Waals surface area contributed by atoms with E-state index in [-0.39, 0.29) is 17.0 Å². The molecule has 0 saturated carbocycles. The lowest BCUT2D eigenvalue weighted by atomic mass is 10.2. The average Bonchev–Trinajstić information content (AvgIpc) is 2.63. The maximum absolute atomic E-state index is 13.3. The van der Waals surface area contributed by atoms with Crippen molar-refractivity contribution in [3.63, 3.8) is 0 Å².